The van der Waals surface area contributed by atoms with E-state index in [1.165, 1.54) is 0 Å². The summed E-state index contributed by atoms with van der Waals surface area (Å²) in [6, 6.07) is 29.2. The zero-order valence-electron chi connectivity index (χ0n) is 19.3. The Kier molecular flexibility index (Phi) is 7.70. The summed E-state index contributed by atoms with van der Waals surface area (Å²) in [7, 11) is 1.56. The lowest BCUT2D eigenvalue weighted by Gasteiger charge is -2.09. The highest BCUT2D eigenvalue weighted by atomic mass is 16.5. The first kappa shape index (κ1) is 23.5. The van der Waals surface area contributed by atoms with E-state index in [4.69, 9.17) is 9.47 Å². The summed E-state index contributed by atoms with van der Waals surface area (Å²) in [5.74, 6) is 0.456. The van der Waals surface area contributed by atoms with Crippen LogP contribution in [0.5, 0.6) is 11.5 Å². The van der Waals surface area contributed by atoms with Crippen LogP contribution in [0.1, 0.15) is 15.9 Å². The summed E-state index contributed by atoms with van der Waals surface area (Å²) in [4.78, 5) is 29.2. The number of aromatic nitrogens is 1. The Morgan fingerprint density at radius 2 is 1.63 bits per heavy atom. The van der Waals surface area contributed by atoms with Gasteiger partial charge < -0.3 is 19.4 Å². The average molecular weight is 468 g/mol. The number of carbonyl (C=O) groups is 2. The van der Waals surface area contributed by atoms with E-state index in [0.717, 1.165) is 5.56 Å². The van der Waals surface area contributed by atoms with Crippen molar-refractivity contribution < 1.29 is 19.1 Å². The van der Waals surface area contributed by atoms with Gasteiger partial charge in [0.2, 0.25) is 0 Å². The fourth-order valence-corrected chi connectivity index (χ4v) is 3.39. The lowest BCUT2D eigenvalue weighted by atomic mass is 10.2. The molecule has 4 rings (SSSR count). The van der Waals surface area contributed by atoms with Crippen molar-refractivity contribution in [2.75, 3.05) is 19.0 Å². The first-order valence-electron chi connectivity index (χ1n) is 11.1. The van der Waals surface area contributed by atoms with Crippen LogP contribution in [0.3, 0.4) is 0 Å². The molecule has 176 valence electrons. The van der Waals surface area contributed by atoms with Gasteiger partial charge >= 0.3 is 0 Å². The highest BCUT2D eigenvalue weighted by Crippen LogP contribution is 2.17. The molecule has 3 aromatic carbocycles. The maximum absolute atomic E-state index is 12.8. The zero-order chi connectivity index (χ0) is 24.5. The van der Waals surface area contributed by atoms with Crippen LogP contribution in [-0.4, -0.2) is 30.1 Å². The van der Waals surface area contributed by atoms with Crippen molar-refractivity contribution in [3.63, 3.8) is 0 Å². The van der Waals surface area contributed by atoms with E-state index in [2.05, 4.69) is 10.3 Å². The number of methoxy groups -OCH3 is 1. The summed E-state index contributed by atoms with van der Waals surface area (Å²) in [5, 5.41) is 2.75. The highest BCUT2D eigenvalue weighted by molar-refractivity contribution is 5.95. The van der Waals surface area contributed by atoms with Gasteiger partial charge in [-0.25, -0.2) is 0 Å². The minimum atomic E-state index is -0.361. The predicted molar refractivity (Wildman–Crippen MR) is 133 cm³/mol. The van der Waals surface area contributed by atoms with Crippen LogP contribution in [0.15, 0.2) is 108 Å². The van der Waals surface area contributed by atoms with Gasteiger partial charge in [-0.15, -0.1) is 0 Å². The Labute approximate surface area is 203 Å². The highest BCUT2D eigenvalue weighted by Gasteiger charge is 2.08. The molecule has 7 heteroatoms. The molecule has 0 aliphatic heterocycles. The molecule has 1 aromatic heterocycles. The molecular formula is C28H25N3O4. The number of hydrogen-bond donors (Lipinski definition) is 1. The van der Waals surface area contributed by atoms with E-state index in [0.29, 0.717) is 34.8 Å². The summed E-state index contributed by atoms with van der Waals surface area (Å²) in [6.07, 6.45) is 1.90. The van der Waals surface area contributed by atoms with Gasteiger partial charge in [-0.05, 0) is 54.1 Å². The van der Waals surface area contributed by atoms with Gasteiger partial charge in [0, 0.05) is 30.1 Å². The maximum atomic E-state index is 12.8. The molecule has 35 heavy (non-hydrogen) atoms. The first-order valence-corrected chi connectivity index (χ1v) is 11.1. The number of benzene rings is 3. The van der Waals surface area contributed by atoms with Gasteiger partial charge in [-0.1, -0.05) is 42.5 Å². The Morgan fingerprint density at radius 1 is 0.857 bits per heavy atom. The molecule has 0 aliphatic carbocycles. The standard InChI is InChI=1S/C28H25N3O4/c1-34-25-11-7-10-23(18-25)29-27(32)20-35-24-15-13-22(14-16-24)28(33)30-26-12-5-6-17-31(26)19-21-8-3-2-4-9-21/h2-18H,19-20H2,1H3,(H,29,32). The van der Waals surface area contributed by atoms with E-state index in [1.54, 1.807) is 61.7 Å². The molecule has 2 amide bonds. The number of anilines is 1. The largest absolute Gasteiger partial charge is 0.497 e. The fraction of sp³-hybridized carbons (Fsp3) is 0.107. The third-order valence-electron chi connectivity index (χ3n) is 5.15. The summed E-state index contributed by atoms with van der Waals surface area (Å²) >= 11 is 0. The Morgan fingerprint density at radius 3 is 2.40 bits per heavy atom. The van der Waals surface area contributed by atoms with Crippen molar-refractivity contribution in [1.82, 2.24) is 4.57 Å². The molecular weight excluding hydrogens is 442 g/mol. The van der Waals surface area contributed by atoms with Crippen LogP contribution in [0.2, 0.25) is 0 Å². The van der Waals surface area contributed by atoms with Gasteiger partial charge in [0.25, 0.3) is 11.8 Å². The van der Waals surface area contributed by atoms with Crippen molar-refractivity contribution >= 4 is 17.5 Å². The molecule has 1 N–H and O–H groups in total. The second-order valence-corrected chi connectivity index (χ2v) is 7.68. The molecule has 4 aromatic rings. The SMILES string of the molecule is COc1cccc(NC(=O)COc2ccc(C(=O)N=c3ccccn3Cc3ccccc3)cc2)c1. The lowest BCUT2D eigenvalue weighted by Crippen LogP contribution is -2.22. The number of amides is 2. The lowest BCUT2D eigenvalue weighted by molar-refractivity contribution is -0.118. The fourth-order valence-electron chi connectivity index (χ4n) is 3.39. The van der Waals surface area contributed by atoms with Crippen LogP contribution < -0.4 is 20.3 Å². The third kappa shape index (κ3) is 6.68. The minimum Gasteiger partial charge on any atom is -0.497 e. The normalized spacial score (nSPS) is 11.1. The van der Waals surface area contributed by atoms with E-state index >= 15 is 0 Å². The van der Waals surface area contributed by atoms with E-state index in [9.17, 15) is 9.59 Å². The van der Waals surface area contributed by atoms with Gasteiger partial charge in [0.05, 0.1) is 7.11 Å². The second kappa shape index (κ2) is 11.5. The molecule has 0 spiro atoms. The van der Waals surface area contributed by atoms with E-state index in [1.807, 2.05) is 53.2 Å². The van der Waals surface area contributed by atoms with Gasteiger partial charge in [-0.2, -0.15) is 4.99 Å². The molecule has 0 atom stereocenters. The van der Waals surface area contributed by atoms with Crippen LogP contribution in [0.25, 0.3) is 0 Å². The van der Waals surface area contributed by atoms with Crippen molar-refractivity contribution in [3.8, 4) is 11.5 Å². The number of nitrogens with zero attached hydrogens (tertiary/aromatic N) is 2. The second-order valence-electron chi connectivity index (χ2n) is 7.68. The number of pyridine rings is 1. The number of rotatable bonds is 8. The first-order chi connectivity index (χ1) is 17.1. The Hall–Kier alpha value is -4.65. The molecule has 0 unspecified atom stereocenters. The van der Waals surface area contributed by atoms with Gasteiger partial charge in [0.1, 0.15) is 17.0 Å². The van der Waals surface area contributed by atoms with Gasteiger partial charge in [0.15, 0.2) is 6.61 Å². The van der Waals surface area contributed by atoms with Crippen LogP contribution in [0, 0.1) is 0 Å². The Bertz CT molecular complexity index is 1360. The number of carbonyl (C=O) groups excluding carboxylic acids is 2. The van der Waals surface area contributed by atoms with Crippen molar-refractivity contribution in [1.29, 1.82) is 0 Å². The molecule has 0 fully saturated rings. The molecule has 0 saturated heterocycles. The van der Waals surface area contributed by atoms with Crippen LogP contribution in [0.4, 0.5) is 5.69 Å². The van der Waals surface area contributed by atoms with E-state index in [-0.39, 0.29) is 18.4 Å². The van der Waals surface area contributed by atoms with Crippen LogP contribution >= 0.6 is 0 Å². The van der Waals surface area contributed by atoms with Crippen LogP contribution in [-0.2, 0) is 11.3 Å². The molecule has 1 heterocycles. The Balaban J connectivity index is 1.38. The average Bonchev–Trinajstić information content (AvgIpc) is 2.89. The summed E-state index contributed by atoms with van der Waals surface area (Å²) < 4.78 is 12.6. The number of ether oxygens (including phenoxy) is 2. The number of nitrogens with one attached hydrogen (secondary N) is 1. The molecule has 0 radical (unpaired) electrons. The zero-order valence-corrected chi connectivity index (χ0v) is 19.3. The maximum Gasteiger partial charge on any atom is 0.278 e. The predicted octanol–water partition coefficient (Wildman–Crippen LogP) is 4.30. The molecule has 0 bridgehead atoms. The summed E-state index contributed by atoms with van der Waals surface area (Å²) in [5.41, 5.74) is 2.72. The monoisotopic (exact) mass is 467 g/mol. The third-order valence-corrected chi connectivity index (χ3v) is 5.15. The quantitative estimate of drug-likeness (QED) is 0.419. The minimum absolute atomic E-state index is 0.168. The van der Waals surface area contributed by atoms with Gasteiger partial charge in [-0.3, -0.25) is 9.59 Å². The molecule has 0 aliphatic rings. The molecule has 7 nitrogen and oxygen atoms in total. The van der Waals surface area contributed by atoms with E-state index < -0.39 is 0 Å². The molecule has 0 saturated carbocycles. The van der Waals surface area contributed by atoms with Crippen molar-refractivity contribution in [2.24, 2.45) is 4.99 Å². The smallest absolute Gasteiger partial charge is 0.278 e. The summed E-state index contributed by atoms with van der Waals surface area (Å²) in [6.45, 7) is 0.441. The van der Waals surface area contributed by atoms with Crippen molar-refractivity contribution in [2.45, 2.75) is 6.54 Å². The number of hydrogen-bond acceptors (Lipinski definition) is 4. The van der Waals surface area contributed by atoms with Crippen molar-refractivity contribution in [3.05, 3.63) is 120 Å². The topological polar surface area (TPSA) is 81.9 Å².